The summed E-state index contributed by atoms with van der Waals surface area (Å²) in [5, 5.41) is 9.66. The molecule has 0 bridgehead atoms. The van der Waals surface area contributed by atoms with E-state index in [1.165, 1.54) is 17.6 Å². The Bertz CT molecular complexity index is 443. The Labute approximate surface area is 66.1 Å². The summed E-state index contributed by atoms with van der Waals surface area (Å²) in [4.78, 5) is 11.0. The largest absolute Gasteiger partial charge is 0.508 e. The highest BCUT2D eigenvalue weighted by Gasteiger charge is 2.00. The van der Waals surface area contributed by atoms with Crippen molar-refractivity contribution >= 4 is 21.6 Å². The predicted octanol–water partition coefficient (Wildman–Crippen LogP) is 1.30. The van der Waals surface area contributed by atoms with Gasteiger partial charge >= 0.3 is 0 Å². The summed E-state index contributed by atoms with van der Waals surface area (Å²) in [7, 11) is 0. The van der Waals surface area contributed by atoms with Gasteiger partial charge in [0, 0.05) is 0 Å². The molecule has 3 nitrogen and oxygen atoms in total. The molecule has 1 aromatic carbocycles. The van der Waals surface area contributed by atoms with Crippen LogP contribution in [0.15, 0.2) is 23.0 Å². The van der Waals surface area contributed by atoms with Crippen molar-refractivity contribution in [2.24, 2.45) is 0 Å². The van der Waals surface area contributed by atoms with Crippen molar-refractivity contribution in [1.29, 1.82) is 0 Å². The maximum absolute atomic E-state index is 11.0. The van der Waals surface area contributed by atoms with Crippen molar-refractivity contribution in [3.05, 3.63) is 28.6 Å². The van der Waals surface area contributed by atoms with Gasteiger partial charge in [-0.05, 0) is 18.2 Å². The van der Waals surface area contributed by atoms with Crippen LogP contribution in [0.1, 0.15) is 0 Å². The molecule has 4 heteroatoms. The van der Waals surface area contributed by atoms with Gasteiger partial charge in [-0.15, -0.1) is 0 Å². The number of phenols is 1. The third-order valence-corrected chi connectivity index (χ3v) is 2.31. The van der Waals surface area contributed by atoms with Crippen molar-refractivity contribution in [2.75, 3.05) is 0 Å². The fourth-order valence-electron chi connectivity index (χ4n) is 0.939. The maximum atomic E-state index is 11.0. The molecule has 0 aliphatic heterocycles. The number of hydrogen-bond acceptors (Lipinski definition) is 3. The van der Waals surface area contributed by atoms with E-state index in [0.29, 0.717) is 5.39 Å². The van der Waals surface area contributed by atoms with Crippen LogP contribution in [0.5, 0.6) is 5.75 Å². The lowest BCUT2D eigenvalue weighted by atomic mass is 10.3. The first-order valence-corrected chi connectivity index (χ1v) is 3.89. The summed E-state index contributed by atoms with van der Waals surface area (Å²) >= 11 is 1.23. The number of aromatic amines is 1. The van der Waals surface area contributed by atoms with E-state index >= 15 is 0 Å². The van der Waals surface area contributed by atoms with Gasteiger partial charge in [0.1, 0.15) is 5.75 Å². The van der Waals surface area contributed by atoms with E-state index < -0.39 is 0 Å². The van der Waals surface area contributed by atoms with Gasteiger partial charge in [-0.1, -0.05) is 11.5 Å². The van der Waals surface area contributed by atoms with Crippen LogP contribution in [-0.2, 0) is 0 Å². The lowest BCUT2D eigenvalue weighted by Crippen LogP contribution is -1.95. The number of aromatic nitrogens is 1. The van der Waals surface area contributed by atoms with Gasteiger partial charge in [0.15, 0.2) is 0 Å². The van der Waals surface area contributed by atoms with Crippen LogP contribution < -0.4 is 5.56 Å². The van der Waals surface area contributed by atoms with Crippen molar-refractivity contribution in [3.8, 4) is 5.75 Å². The number of phenolic OH excluding ortho intramolecular Hbond substituents is 1. The van der Waals surface area contributed by atoms with Crippen LogP contribution in [0, 0.1) is 0 Å². The first-order valence-electron chi connectivity index (χ1n) is 3.07. The van der Waals surface area contributed by atoms with Gasteiger partial charge in [-0.2, -0.15) is 0 Å². The fraction of sp³-hybridized carbons (Fsp3) is 0. The molecular weight excluding hydrogens is 162 g/mol. The third kappa shape index (κ3) is 0.914. The van der Waals surface area contributed by atoms with Crippen LogP contribution in [0.2, 0.25) is 0 Å². The van der Waals surface area contributed by atoms with Gasteiger partial charge < -0.3 is 5.11 Å². The number of benzene rings is 1. The molecule has 0 saturated carbocycles. The van der Waals surface area contributed by atoms with Crippen molar-refractivity contribution in [2.45, 2.75) is 0 Å². The zero-order valence-corrected chi connectivity index (χ0v) is 6.31. The average Bonchev–Trinajstić information content (AvgIpc) is 2.32. The molecule has 0 radical (unpaired) electrons. The highest BCUT2D eigenvalue weighted by Crippen LogP contribution is 2.19. The van der Waals surface area contributed by atoms with Gasteiger partial charge in [0.05, 0.1) is 10.1 Å². The molecule has 0 saturated heterocycles. The SMILES string of the molecule is O=c1[nH]sc2cc(O)ccc12. The number of nitrogens with one attached hydrogen (secondary N) is 1. The topological polar surface area (TPSA) is 53.1 Å². The monoisotopic (exact) mass is 167 g/mol. The van der Waals surface area contributed by atoms with Gasteiger partial charge in [0.2, 0.25) is 0 Å². The Morgan fingerprint density at radius 3 is 3.09 bits per heavy atom. The average molecular weight is 167 g/mol. The Morgan fingerprint density at radius 1 is 1.45 bits per heavy atom. The second-order valence-electron chi connectivity index (χ2n) is 2.21. The van der Waals surface area contributed by atoms with E-state index in [-0.39, 0.29) is 11.3 Å². The fourth-order valence-corrected chi connectivity index (χ4v) is 1.70. The second kappa shape index (κ2) is 2.10. The highest BCUT2D eigenvalue weighted by atomic mass is 32.1. The first-order chi connectivity index (χ1) is 5.27. The van der Waals surface area contributed by atoms with Crippen LogP contribution in [-0.4, -0.2) is 9.48 Å². The molecule has 0 spiro atoms. The van der Waals surface area contributed by atoms with Crippen molar-refractivity contribution < 1.29 is 5.11 Å². The second-order valence-corrected chi connectivity index (χ2v) is 3.06. The van der Waals surface area contributed by atoms with Crippen molar-refractivity contribution in [3.63, 3.8) is 0 Å². The Hall–Kier alpha value is -1.29. The van der Waals surface area contributed by atoms with E-state index in [4.69, 9.17) is 5.11 Å². The quantitative estimate of drug-likeness (QED) is 0.621. The Morgan fingerprint density at radius 2 is 2.27 bits per heavy atom. The number of hydrogen-bond donors (Lipinski definition) is 2. The molecular formula is C7H5NO2S. The zero-order valence-electron chi connectivity index (χ0n) is 5.50. The number of aromatic hydroxyl groups is 1. The molecule has 1 heterocycles. The lowest BCUT2D eigenvalue weighted by molar-refractivity contribution is 0.476. The standard InChI is InChI=1S/C7H5NO2S/c9-4-1-2-5-6(3-4)11-8-7(5)10/h1-3,9H,(H,8,10). The van der Waals surface area contributed by atoms with E-state index in [9.17, 15) is 4.79 Å². The van der Waals surface area contributed by atoms with Crippen LogP contribution in [0.25, 0.3) is 10.1 Å². The number of H-pyrrole nitrogens is 1. The third-order valence-electron chi connectivity index (χ3n) is 1.46. The van der Waals surface area contributed by atoms with E-state index in [1.807, 2.05) is 0 Å². The lowest BCUT2D eigenvalue weighted by Gasteiger charge is -1.87. The van der Waals surface area contributed by atoms with E-state index in [0.717, 1.165) is 4.70 Å². The molecule has 0 unspecified atom stereocenters. The molecule has 2 aromatic rings. The van der Waals surface area contributed by atoms with Crippen molar-refractivity contribution in [1.82, 2.24) is 4.37 Å². The minimum Gasteiger partial charge on any atom is -0.508 e. The molecule has 11 heavy (non-hydrogen) atoms. The van der Waals surface area contributed by atoms with Crippen LogP contribution in [0.4, 0.5) is 0 Å². The van der Waals surface area contributed by atoms with E-state index in [1.54, 1.807) is 12.1 Å². The summed E-state index contributed by atoms with van der Waals surface area (Å²) in [5.41, 5.74) is -0.0926. The van der Waals surface area contributed by atoms with Gasteiger partial charge in [-0.25, -0.2) is 0 Å². The van der Waals surface area contributed by atoms with Crippen LogP contribution in [0.3, 0.4) is 0 Å². The summed E-state index contributed by atoms with van der Waals surface area (Å²) in [5.74, 6) is 0.188. The van der Waals surface area contributed by atoms with E-state index in [2.05, 4.69) is 4.37 Å². The normalized spacial score (nSPS) is 10.5. The maximum Gasteiger partial charge on any atom is 0.265 e. The molecule has 0 aliphatic carbocycles. The summed E-state index contributed by atoms with van der Waals surface area (Å²) in [6, 6.07) is 4.68. The first kappa shape index (κ1) is 6.42. The summed E-state index contributed by atoms with van der Waals surface area (Å²) < 4.78 is 3.37. The minimum atomic E-state index is -0.0926. The molecule has 0 atom stereocenters. The molecule has 0 aliphatic rings. The molecule has 0 fully saturated rings. The number of fused-ring (bicyclic) bond motifs is 1. The van der Waals surface area contributed by atoms with Gasteiger partial charge in [-0.3, -0.25) is 9.17 Å². The molecule has 2 N–H and O–H groups in total. The molecule has 56 valence electrons. The molecule has 1 aromatic heterocycles. The highest BCUT2D eigenvalue weighted by molar-refractivity contribution is 7.13. The summed E-state index contributed by atoms with van der Waals surface area (Å²) in [6.45, 7) is 0. The van der Waals surface area contributed by atoms with Crippen LogP contribution >= 0.6 is 11.5 Å². The summed E-state index contributed by atoms with van der Waals surface area (Å²) in [6.07, 6.45) is 0. The molecule has 0 amide bonds. The zero-order chi connectivity index (χ0) is 7.84. The van der Waals surface area contributed by atoms with Gasteiger partial charge in [0.25, 0.3) is 5.56 Å². The Balaban J connectivity index is 2.97. The molecule has 2 rings (SSSR count). The predicted molar refractivity (Wildman–Crippen MR) is 44.1 cm³/mol. The minimum absolute atomic E-state index is 0.0926. The Kier molecular flexibility index (Phi) is 1.22. The number of rotatable bonds is 0. The smallest absolute Gasteiger partial charge is 0.265 e.